The molecule has 11 aromatic carbocycles. The van der Waals surface area contributed by atoms with E-state index in [0.29, 0.717) is 0 Å². The number of rotatable bonds is 8. The van der Waals surface area contributed by atoms with Crippen LogP contribution in [0.5, 0.6) is 0 Å². The number of benzene rings is 11. The molecule has 0 saturated heterocycles. The molecule has 11 aromatic rings. The van der Waals surface area contributed by atoms with Gasteiger partial charge in [0.25, 0.3) is 0 Å². The minimum Gasteiger partial charge on any atom is -0.310 e. The van der Waals surface area contributed by atoms with Crippen LogP contribution >= 0.6 is 0 Å². The van der Waals surface area contributed by atoms with Crippen LogP contribution < -0.4 is 9.80 Å². The molecule has 0 heterocycles. The minimum absolute atomic E-state index is 0.0687. The molecule has 0 fully saturated rings. The fraction of sp³-hybridized carbons (Fsp3) is 0.200. The molecule has 0 aliphatic carbocycles. The van der Waals surface area contributed by atoms with Crippen LogP contribution in [0.15, 0.2) is 182 Å². The van der Waals surface area contributed by atoms with Gasteiger partial charge < -0.3 is 9.80 Å². The molecule has 356 valence electrons. The van der Waals surface area contributed by atoms with Gasteiger partial charge in [0.2, 0.25) is 0 Å². The molecule has 72 heavy (non-hydrogen) atoms. The third-order valence-electron chi connectivity index (χ3n) is 15.3. The maximum Gasteiger partial charge on any atom is 0.0520 e. The zero-order valence-corrected chi connectivity index (χ0v) is 44.2. The molecule has 0 aromatic heterocycles. The highest BCUT2D eigenvalue weighted by Gasteiger charge is 2.25. The van der Waals surface area contributed by atoms with Gasteiger partial charge in [0.05, 0.1) is 11.4 Å². The predicted octanol–water partition coefficient (Wildman–Crippen LogP) is 20.5. The van der Waals surface area contributed by atoms with E-state index in [1.165, 1.54) is 121 Å². The normalized spacial score (nSPS) is 12.2. The van der Waals surface area contributed by atoms with E-state index >= 15 is 0 Å². The molecule has 2 heteroatoms. The zero-order valence-electron chi connectivity index (χ0n) is 44.2. The predicted molar refractivity (Wildman–Crippen MR) is 314 cm³/mol. The Hall–Kier alpha value is -7.68. The van der Waals surface area contributed by atoms with Crippen molar-refractivity contribution in [2.24, 2.45) is 0 Å². The molecule has 0 atom stereocenters. The summed E-state index contributed by atoms with van der Waals surface area (Å²) in [6.45, 7) is 27.1. The van der Waals surface area contributed by atoms with E-state index in [1.54, 1.807) is 0 Å². The average molecular weight is 935 g/mol. The second-order valence-electron chi connectivity index (χ2n) is 22.6. The Balaban J connectivity index is 0.986. The summed E-state index contributed by atoms with van der Waals surface area (Å²) in [6.07, 6.45) is 0. The van der Waals surface area contributed by atoms with Crippen molar-refractivity contribution in [1.82, 2.24) is 0 Å². The van der Waals surface area contributed by atoms with Crippen molar-refractivity contribution < 1.29 is 0 Å². The highest BCUT2D eigenvalue weighted by atomic mass is 15.2. The Morgan fingerprint density at radius 1 is 0.292 bits per heavy atom. The summed E-state index contributed by atoms with van der Waals surface area (Å²) in [7, 11) is 0. The monoisotopic (exact) mass is 935 g/mol. The van der Waals surface area contributed by atoms with Gasteiger partial charge in [-0.1, -0.05) is 186 Å². The van der Waals surface area contributed by atoms with Crippen LogP contribution in [0.3, 0.4) is 0 Å². The minimum atomic E-state index is 0.0687. The molecule has 0 spiro atoms. The van der Waals surface area contributed by atoms with Crippen molar-refractivity contribution in [1.29, 1.82) is 0 Å². The maximum absolute atomic E-state index is 2.44. The molecule has 0 saturated carbocycles. The van der Waals surface area contributed by atoms with Crippen LogP contribution in [0, 0.1) is 41.5 Å². The highest BCUT2D eigenvalue weighted by Crippen LogP contribution is 2.48. The molecule has 0 aliphatic rings. The Morgan fingerprint density at radius 3 is 0.875 bits per heavy atom. The third kappa shape index (κ3) is 8.08. The van der Waals surface area contributed by atoms with E-state index in [0.717, 1.165) is 22.7 Å². The molecule has 0 aliphatic heterocycles. The zero-order chi connectivity index (χ0) is 50.4. The molecule has 0 radical (unpaired) electrons. The van der Waals surface area contributed by atoms with Crippen LogP contribution in [0.1, 0.15) is 86.1 Å². The third-order valence-corrected chi connectivity index (χ3v) is 15.3. The van der Waals surface area contributed by atoms with Crippen molar-refractivity contribution in [3.05, 3.63) is 226 Å². The molecule has 0 unspecified atom stereocenters. The van der Waals surface area contributed by atoms with Crippen LogP contribution in [0.25, 0.3) is 65.3 Å². The van der Waals surface area contributed by atoms with E-state index in [2.05, 4.69) is 275 Å². The lowest BCUT2D eigenvalue weighted by Crippen LogP contribution is -2.16. The largest absolute Gasteiger partial charge is 0.310 e. The lowest BCUT2D eigenvalue weighted by molar-refractivity contribution is 0.589. The summed E-state index contributed by atoms with van der Waals surface area (Å²) in [5.41, 5.74) is 22.4. The highest BCUT2D eigenvalue weighted by molar-refractivity contribution is 6.35. The molecule has 0 amide bonds. The Labute approximate surface area is 427 Å². The van der Waals surface area contributed by atoms with E-state index in [4.69, 9.17) is 0 Å². The van der Waals surface area contributed by atoms with Crippen molar-refractivity contribution in [2.45, 2.75) is 93.9 Å². The fourth-order valence-electron chi connectivity index (χ4n) is 11.5. The van der Waals surface area contributed by atoms with Crippen molar-refractivity contribution in [2.75, 3.05) is 9.80 Å². The second-order valence-corrected chi connectivity index (χ2v) is 22.6. The van der Waals surface area contributed by atoms with E-state index in [9.17, 15) is 0 Å². The number of anilines is 6. The summed E-state index contributed by atoms with van der Waals surface area (Å²) in [5, 5.41) is 10.3. The van der Waals surface area contributed by atoms with E-state index in [1.807, 2.05) is 0 Å². The molecule has 2 nitrogen and oxygen atoms in total. The van der Waals surface area contributed by atoms with Gasteiger partial charge in [-0.15, -0.1) is 0 Å². The fourth-order valence-corrected chi connectivity index (χ4v) is 11.5. The number of fused-ring (bicyclic) bond motifs is 2. The van der Waals surface area contributed by atoms with Gasteiger partial charge in [-0.05, 0) is 200 Å². The van der Waals surface area contributed by atoms with E-state index < -0.39 is 0 Å². The number of hydrogen-bond acceptors (Lipinski definition) is 2. The lowest BCUT2D eigenvalue weighted by Gasteiger charge is -2.31. The lowest BCUT2D eigenvalue weighted by atomic mass is 9.84. The van der Waals surface area contributed by atoms with Gasteiger partial charge in [-0.2, -0.15) is 0 Å². The SMILES string of the molecule is Cc1ccc(N(c2ccc(-c3ccc4c5ccc(-c6ccc(N(c7ccc(C)cc7)c7c(C)cc(C(C)(C)C)cc7C)cc6)c6cccc(c7cccc3c74)c65)cc2)c2c(C)cc(C(C)(C)C)cc2C)cc1. The summed E-state index contributed by atoms with van der Waals surface area (Å²) in [6, 6.07) is 69.0. The molecule has 11 rings (SSSR count). The standard InChI is InChI=1S/C70H66N2/c1-43-19-27-53(28-20-43)71(67-45(3)39-51(40-46(67)4)69(7,8)9)55-31-23-49(24-32-55)57-35-37-63-64-38-36-58(60-16-14-18-62(66(60)64)61-17-13-15-59(57)65(61)63)50-25-33-56(34-26-50)72(54-29-21-44(2)22-30-54)68-47(5)41-52(42-48(68)6)70(10,11)12/h13-42H,1-12H3. The van der Waals surface area contributed by atoms with E-state index in [-0.39, 0.29) is 10.8 Å². The van der Waals surface area contributed by atoms with Crippen LogP contribution in [0.2, 0.25) is 0 Å². The second kappa shape index (κ2) is 17.6. The number of hydrogen-bond donors (Lipinski definition) is 0. The smallest absolute Gasteiger partial charge is 0.0520 e. The summed E-state index contributed by atoms with van der Waals surface area (Å²) in [4.78, 5) is 4.87. The van der Waals surface area contributed by atoms with Crippen LogP contribution in [-0.4, -0.2) is 0 Å². The first-order valence-corrected chi connectivity index (χ1v) is 25.7. The molecular weight excluding hydrogens is 869 g/mol. The van der Waals surface area contributed by atoms with Crippen molar-refractivity contribution in [3.63, 3.8) is 0 Å². The first kappa shape index (κ1) is 46.7. The Kier molecular flexibility index (Phi) is 11.4. The molecule has 0 N–H and O–H groups in total. The van der Waals surface area contributed by atoms with Gasteiger partial charge in [-0.25, -0.2) is 0 Å². The van der Waals surface area contributed by atoms with Crippen LogP contribution in [-0.2, 0) is 10.8 Å². The summed E-state index contributed by atoms with van der Waals surface area (Å²) in [5.74, 6) is 0. The Morgan fingerprint density at radius 2 is 0.569 bits per heavy atom. The maximum atomic E-state index is 2.44. The van der Waals surface area contributed by atoms with Gasteiger partial charge in [-0.3, -0.25) is 0 Å². The molecular formula is C70H66N2. The summed E-state index contributed by atoms with van der Waals surface area (Å²) >= 11 is 0. The number of nitrogens with zero attached hydrogens (tertiary/aromatic N) is 2. The quantitative estimate of drug-likeness (QED) is 0.111. The van der Waals surface area contributed by atoms with Gasteiger partial charge >= 0.3 is 0 Å². The molecule has 0 bridgehead atoms. The topological polar surface area (TPSA) is 6.48 Å². The average Bonchev–Trinajstić information content (AvgIpc) is 3.35. The number of aryl methyl sites for hydroxylation is 6. The first-order chi connectivity index (χ1) is 34.4. The van der Waals surface area contributed by atoms with Gasteiger partial charge in [0.1, 0.15) is 0 Å². The van der Waals surface area contributed by atoms with Crippen LogP contribution in [0.4, 0.5) is 34.1 Å². The van der Waals surface area contributed by atoms with Gasteiger partial charge in [0.15, 0.2) is 0 Å². The summed E-state index contributed by atoms with van der Waals surface area (Å²) < 4.78 is 0. The van der Waals surface area contributed by atoms with Gasteiger partial charge in [0, 0.05) is 22.7 Å². The van der Waals surface area contributed by atoms with Crippen molar-refractivity contribution in [3.8, 4) is 22.3 Å². The first-order valence-electron chi connectivity index (χ1n) is 25.7. The Bertz CT molecular complexity index is 3520. The van der Waals surface area contributed by atoms with Crippen molar-refractivity contribution >= 4 is 77.2 Å².